The molecule has 0 fully saturated rings. The van der Waals surface area contributed by atoms with E-state index in [0.717, 1.165) is 0 Å². The molecule has 0 aliphatic rings. The normalized spacial score (nSPS) is 10.1. The van der Waals surface area contributed by atoms with Gasteiger partial charge in [0.05, 0.1) is 12.8 Å². The summed E-state index contributed by atoms with van der Waals surface area (Å²) in [5.41, 5.74) is 6.23. The minimum atomic E-state index is 0.296. The summed E-state index contributed by atoms with van der Waals surface area (Å²) in [6, 6.07) is 5.39. The summed E-state index contributed by atoms with van der Waals surface area (Å²) in [6.45, 7) is 0. The van der Waals surface area contributed by atoms with E-state index < -0.39 is 0 Å². The van der Waals surface area contributed by atoms with Crippen molar-refractivity contribution in [2.45, 2.75) is 0 Å². The molecule has 16 heavy (non-hydrogen) atoms. The lowest BCUT2D eigenvalue weighted by molar-refractivity contribution is 0.405. The molecule has 0 radical (unpaired) electrons. The monoisotopic (exact) mass is 221 g/mol. The Morgan fingerprint density at radius 2 is 2.19 bits per heavy atom. The molecule has 84 valence electrons. The van der Waals surface area contributed by atoms with Gasteiger partial charge in [-0.05, 0) is 22.6 Å². The van der Waals surface area contributed by atoms with E-state index in [2.05, 4.69) is 15.5 Å². The van der Waals surface area contributed by atoms with E-state index in [1.807, 2.05) is 0 Å². The highest BCUT2D eigenvalue weighted by atomic mass is 16.5. The first-order valence-electron chi connectivity index (χ1n) is 4.54. The number of nitrogens with two attached hydrogens (primary N) is 1. The summed E-state index contributed by atoms with van der Waals surface area (Å²) in [4.78, 5) is 0. The predicted octanol–water partition coefficient (Wildman–Crippen LogP) is 0.593. The number of benzene rings is 1. The van der Waals surface area contributed by atoms with Crippen LogP contribution < -0.4 is 15.2 Å². The second-order valence-corrected chi connectivity index (χ2v) is 3.09. The number of hydrogen-bond acceptors (Lipinski definition) is 6. The number of nitrogens with zero attached hydrogens (tertiary/aromatic N) is 4. The highest BCUT2D eigenvalue weighted by molar-refractivity contribution is 5.56. The summed E-state index contributed by atoms with van der Waals surface area (Å²) >= 11 is 0. The fourth-order valence-electron chi connectivity index (χ4n) is 1.19. The summed E-state index contributed by atoms with van der Waals surface area (Å²) < 4.78 is 11.9. The largest absolute Gasteiger partial charge is 0.495 e. The number of aromatic nitrogens is 4. The van der Waals surface area contributed by atoms with Crippen LogP contribution in [0.4, 0.5) is 5.69 Å². The van der Waals surface area contributed by atoms with Crippen molar-refractivity contribution < 1.29 is 9.47 Å². The van der Waals surface area contributed by atoms with Gasteiger partial charge >= 0.3 is 6.01 Å². The zero-order valence-electron chi connectivity index (χ0n) is 8.91. The highest BCUT2D eigenvalue weighted by Gasteiger charge is 2.06. The molecule has 0 bridgehead atoms. The van der Waals surface area contributed by atoms with E-state index in [4.69, 9.17) is 15.2 Å². The van der Waals surface area contributed by atoms with E-state index in [9.17, 15) is 0 Å². The molecular weight excluding hydrogens is 210 g/mol. The van der Waals surface area contributed by atoms with Crippen molar-refractivity contribution >= 4 is 5.69 Å². The van der Waals surface area contributed by atoms with Crippen LogP contribution in [0.1, 0.15) is 0 Å². The molecule has 1 aromatic carbocycles. The molecule has 1 aromatic heterocycles. The van der Waals surface area contributed by atoms with Crippen molar-refractivity contribution in [2.75, 3.05) is 12.8 Å². The Labute approximate surface area is 91.8 Å². The highest BCUT2D eigenvalue weighted by Crippen LogP contribution is 2.27. The molecule has 0 amide bonds. The van der Waals surface area contributed by atoms with Gasteiger partial charge < -0.3 is 15.2 Å². The van der Waals surface area contributed by atoms with Crippen LogP contribution in [0.25, 0.3) is 0 Å². The molecule has 1 heterocycles. The lowest BCUT2D eigenvalue weighted by Crippen LogP contribution is -1.97. The maximum atomic E-state index is 5.74. The zero-order chi connectivity index (χ0) is 11.5. The standard InChI is InChI=1S/C9H11N5O2/c1-14-9(11-12-13-14)16-6-3-4-8(15-2)7(10)5-6/h3-5H,10H2,1-2H3. The van der Waals surface area contributed by atoms with Gasteiger partial charge in [-0.1, -0.05) is 5.10 Å². The molecule has 0 aliphatic carbocycles. The van der Waals surface area contributed by atoms with Crippen LogP contribution in [-0.2, 0) is 7.05 Å². The first kappa shape index (κ1) is 10.2. The number of methoxy groups -OCH3 is 1. The van der Waals surface area contributed by atoms with Crippen molar-refractivity contribution in [1.82, 2.24) is 20.2 Å². The smallest absolute Gasteiger partial charge is 0.340 e. The van der Waals surface area contributed by atoms with Crippen LogP contribution in [0, 0.1) is 0 Å². The average molecular weight is 221 g/mol. The number of rotatable bonds is 3. The van der Waals surface area contributed by atoms with Gasteiger partial charge in [-0.25, -0.2) is 0 Å². The maximum absolute atomic E-state index is 5.74. The van der Waals surface area contributed by atoms with Crippen LogP contribution in [0.15, 0.2) is 18.2 Å². The van der Waals surface area contributed by atoms with Gasteiger partial charge in [0.2, 0.25) is 0 Å². The fourth-order valence-corrected chi connectivity index (χ4v) is 1.19. The van der Waals surface area contributed by atoms with Crippen molar-refractivity contribution in [3.8, 4) is 17.5 Å². The van der Waals surface area contributed by atoms with Gasteiger partial charge in [0.25, 0.3) is 0 Å². The third-order valence-corrected chi connectivity index (χ3v) is 1.99. The van der Waals surface area contributed by atoms with E-state index >= 15 is 0 Å². The van der Waals surface area contributed by atoms with E-state index in [1.54, 1.807) is 32.4 Å². The SMILES string of the molecule is COc1ccc(Oc2nnnn2C)cc1N. The van der Waals surface area contributed by atoms with Gasteiger partial charge in [-0.15, -0.1) is 0 Å². The molecule has 0 unspecified atom stereocenters. The first-order chi connectivity index (χ1) is 7.70. The maximum Gasteiger partial charge on any atom is 0.340 e. The molecule has 0 saturated carbocycles. The predicted molar refractivity (Wildman–Crippen MR) is 56.3 cm³/mol. The molecule has 0 aliphatic heterocycles. The molecule has 2 N–H and O–H groups in total. The summed E-state index contributed by atoms with van der Waals surface area (Å²) in [5, 5.41) is 10.8. The molecule has 0 atom stereocenters. The Balaban J connectivity index is 2.23. The van der Waals surface area contributed by atoms with Gasteiger partial charge in [-0.3, -0.25) is 0 Å². The second-order valence-electron chi connectivity index (χ2n) is 3.09. The molecule has 2 aromatic rings. The zero-order valence-corrected chi connectivity index (χ0v) is 8.91. The Hall–Kier alpha value is -2.31. The Morgan fingerprint density at radius 1 is 1.38 bits per heavy atom. The molecule has 0 saturated heterocycles. The Kier molecular flexibility index (Phi) is 2.59. The van der Waals surface area contributed by atoms with Crippen molar-refractivity contribution in [3.05, 3.63) is 18.2 Å². The minimum Gasteiger partial charge on any atom is -0.495 e. The quantitative estimate of drug-likeness (QED) is 0.763. The first-order valence-corrected chi connectivity index (χ1v) is 4.54. The van der Waals surface area contributed by atoms with Crippen LogP contribution in [0.2, 0.25) is 0 Å². The lowest BCUT2D eigenvalue weighted by atomic mass is 10.3. The Bertz CT molecular complexity index is 496. The van der Waals surface area contributed by atoms with Crippen LogP contribution in [0.3, 0.4) is 0 Å². The van der Waals surface area contributed by atoms with E-state index in [0.29, 0.717) is 23.2 Å². The van der Waals surface area contributed by atoms with Gasteiger partial charge in [0, 0.05) is 13.1 Å². The number of tetrazole rings is 1. The van der Waals surface area contributed by atoms with Crippen LogP contribution in [-0.4, -0.2) is 27.3 Å². The average Bonchev–Trinajstić information content (AvgIpc) is 2.65. The molecule has 2 rings (SSSR count). The topological polar surface area (TPSA) is 88.1 Å². The molecule has 7 nitrogen and oxygen atoms in total. The summed E-state index contributed by atoms with van der Waals surface area (Å²) in [5.74, 6) is 1.15. The minimum absolute atomic E-state index is 0.296. The van der Waals surface area contributed by atoms with Crippen molar-refractivity contribution in [2.24, 2.45) is 7.05 Å². The number of anilines is 1. The van der Waals surface area contributed by atoms with E-state index in [-0.39, 0.29) is 0 Å². The summed E-state index contributed by atoms with van der Waals surface area (Å²) in [7, 11) is 3.24. The van der Waals surface area contributed by atoms with Gasteiger partial charge in [0.15, 0.2) is 0 Å². The van der Waals surface area contributed by atoms with Crippen LogP contribution >= 0.6 is 0 Å². The molecule has 7 heteroatoms. The third kappa shape index (κ3) is 1.88. The van der Waals surface area contributed by atoms with Gasteiger partial charge in [-0.2, -0.15) is 4.68 Å². The van der Waals surface area contributed by atoms with Crippen molar-refractivity contribution in [3.63, 3.8) is 0 Å². The number of nitrogen functional groups attached to an aromatic ring is 1. The Morgan fingerprint density at radius 3 is 2.75 bits per heavy atom. The van der Waals surface area contributed by atoms with Gasteiger partial charge in [0.1, 0.15) is 11.5 Å². The third-order valence-electron chi connectivity index (χ3n) is 1.99. The second kappa shape index (κ2) is 4.05. The number of aryl methyl sites for hydroxylation is 1. The van der Waals surface area contributed by atoms with Crippen molar-refractivity contribution in [1.29, 1.82) is 0 Å². The molecule has 0 spiro atoms. The van der Waals surface area contributed by atoms with E-state index in [1.165, 1.54) is 4.68 Å². The fraction of sp³-hybridized carbons (Fsp3) is 0.222. The number of ether oxygens (including phenoxy) is 2. The van der Waals surface area contributed by atoms with Crippen LogP contribution in [0.5, 0.6) is 17.5 Å². The molecular formula is C9H11N5O2. The lowest BCUT2D eigenvalue weighted by Gasteiger charge is -2.07. The summed E-state index contributed by atoms with van der Waals surface area (Å²) in [6.07, 6.45) is 0. The number of hydrogen-bond donors (Lipinski definition) is 1.